The molecule has 0 bridgehead atoms. The summed E-state index contributed by atoms with van der Waals surface area (Å²) < 4.78 is 5.99. The monoisotopic (exact) mass is 233 g/mol. The molecule has 0 aromatic rings. The highest BCUT2D eigenvalue weighted by atomic mass is 16.5. The summed E-state index contributed by atoms with van der Waals surface area (Å²) in [6, 6.07) is 0. The molecule has 2 saturated heterocycles. The molecule has 17 heavy (non-hydrogen) atoms. The fourth-order valence-corrected chi connectivity index (χ4v) is 2.63. The molecule has 1 N–H and O–H groups in total. The SMILES string of the molecule is C=C/C=C1\C(=C)OC2(CCNCC2C)CC1=O. The van der Waals surface area contributed by atoms with Crippen LogP contribution in [0.25, 0.3) is 0 Å². The number of ketones is 1. The van der Waals surface area contributed by atoms with E-state index in [1.165, 1.54) is 0 Å². The summed E-state index contributed by atoms with van der Waals surface area (Å²) in [4.78, 5) is 12.1. The van der Waals surface area contributed by atoms with E-state index in [2.05, 4.69) is 25.4 Å². The van der Waals surface area contributed by atoms with Crippen LogP contribution < -0.4 is 5.32 Å². The first kappa shape index (κ1) is 12.1. The fourth-order valence-electron chi connectivity index (χ4n) is 2.63. The van der Waals surface area contributed by atoms with Gasteiger partial charge in [-0.25, -0.2) is 0 Å². The van der Waals surface area contributed by atoms with Gasteiger partial charge in [-0.2, -0.15) is 0 Å². The number of piperidine rings is 1. The topological polar surface area (TPSA) is 38.3 Å². The Labute approximate surface area is 102 Å². The van der Waals surface area contributed by atoms with Gasteiger partial charge < -0.3 is 10.1 Å². The second kappa shape index (κ2) is 4.49. The quantitative estimate of drug-likeness (QED) is 0.704. The number of hydrogen-bond donors (Lipinski definition) is 1. The smallest absolute Gasteiger partial charge is 0.170 e. The van der Waals surface area contributed by atoms with Crippen LogP contribution in [0.3, 0.4) is 0 Å². The molecule has 2 atom stereocenters. The molecule has 2 aliphatic heterocycles. The normalized spacial score (nSPS) is 36.1. The van der Waals surface area contributed by atoms with E-state index < -0.39 is 0 Å². The second-order valence-corrected chi connectivity index (χ2v) is 4.86. The van der Waals surface area contributed by atoms with E-state index in [9.17, 15) is 4.79 Å². The molecule has 2 rings (SSSR count). The van der Waals surface area contributed by atoms with Crippen molar-refractivity contribution in [2.75, 3.05) is 13.1 Å². The highest BCUT2D eigenvalue weighted by molar-refractivity contribution is 6.00. The van der Waals surface area contributed by atoms with Crippen LogP contribution in [0.2, 0.25) is 0 Å². The molecule has 2 fully saturated rings. The van der Waals surface area contributed by atoms with Gasteiger partial charge in [0.15, 0.2) is 5.78 Å². The summed E-state index contributed by atoms with van der Waals surface area (Å²) in [6.07, 6.45) is 4.60. The lowest BCUT2D eigenvalue weighted by Gasteiger charge is -2.45. The standard InChI is InChI=1S/C14H19NO2/c1-4-5-12-11(3)17-14(8-13(12)16)6-7-15-9-10(14)2/h4-5,10,15H,1,3,6-9H2,2H3/b12-5+. The number of Topliss-reactive ketones (excluding diaryl/α,β-unsaturated/α-hetero) is 1. The average Bonchev–Trinajstić information content (AvgIpc) is 2.28. The summed E-state index contributed by atoms with van der Waals surface area (Å²) in [5.74, 6) is 0.937. The van der Waals surface area contributed by atoms with E-state index in [4.69, 9.17) is 4.74 Å². The van der Waals surface area contributed by atoms with Crippen molar-refractivity contribution in [3.63, 3.8) is 0 Å². The lowest BCUT2D eigenvalue weighted by molar-refractivity contribution is -0.133. The Morgan fingerprint density at radius 3 is 2.94 bits per heavy atom. The number of carbonyl (C=O) groups excluding carboxylic acids is 1. The number of ether oxygens (including phenoxy) is 1. The van der Waals surface area contributed by atoms with Gasteiger partial charge in [-0.1, -0.05) is 26.2 Å². The Hall–Kier alpha value is -1.35. The maximum Gasteiger partial charge on any atom is 0.170 e. The Kier molecular flexibility index (Phi) is 3.20. The molecule has 2 unspecified atom stereocenters. The minimum atomic E-state index is -0.349. The Balaban J connectivity index is 2.26. The molecule has 3 heteroatoms. The zero-order valence-corrected chi connectivity index (χ0v) is 10.3. The Bertz CT molecular complexity index is 375. The van der Waals surface area contributed by atoms with Crippen molar-refractivity contribution < 1.29 is 9.53 Å². The van der Waals surface area contributed by atoms with Gasteiger partial charge in [0.2, 0.25) is 0 Å². The zero-order chi connectivity index (χ0) is 12.5. The van der Waals surface area contributed by atoms with Crippen LogP contribution in [0.5, 0.6) is 0 Å². The van der Waals surface area contributed by atoms with Crippen LogP contribution >= 0.6 is 0 Å². The fraction of sp³-hybridized carbons (Fsp3) is 0.500. The van der Waals surface area contributed by atoms with Crippen molar-refractivity contribution in [2.24, 2.45) is 5.92 Å². The van der Waals surface area contributed by atoms with Crippen molar-refractivity contribution in [3.05, 3.63) is 36.6 Å². The van der Waals surface area contributed by atoms with E-state index in [1.54, 1.807) is 12.2 Å². The largest absolute Gasteiger partial charge is 0.486 e. The van der Waals surface area contributed by atoms with Gasteiger partial charge in [-0.05, 0) is 12.6 Å². The van der Waals surface area contributed by atoms with Gasteiger partial charge in [0.25, 0.3) is 0 Å². The van der Waals surface area contributed by atoms with Crippen LogP contribution in [0.15, 0.2) is 36.6 Å². The lowest BCUT2D eigenvalue weighted by atomic mass is 9.76. The van der Waals surface area contributed by atoms with Crippen molar-refractivity contribution in [2.45, 2.75) is 25.4 Å². The molecule has 0 aromatic heterocycles. The van der Waals surface area contributed by atoms with Crippen LogP contribution in [0.4, 0.5) is 0 Å². The summed E-state index contributed by atoms with van der Waals surface area (Å²) in [5.41, 5.74) is 0.217. The molecule has 2 aliphatic rings. The first-order valence-electron chi connectivity index (χ1n) is 6.04. The minimum absolute atomic E-state index is 0.120. The third-order valence-electron chi connectivity index (χ3n) is 3.75. The first-order chi connectivity index (χ1) is 8.09. The van der Waals surface area contributed by atoms with Crippen molar-refractivity contribution in [3.8, 4) is 0 Å². The summed E-state index contributed by atoms with van der Waals surface area (Å²) in [7, 11) is 0. The van der Waals surface area contributed by atoms with Crippen LogP contribution in [-0.2, 0) is 9.53 Å². The van der Waals surface area contributed by atoms with E-state index >= 15 is 0 Å². The Morgan fingerprint density at radius 1 is 1.59 bits per heavy atom. The van der Waals surface area contributed by atoms with E-state index in [0.29, 0.717) is 23.7 Å². The summed E-state index contributed by atoms with van der Waals surface area (Å²) in [6.45, 7) is 11.4. The van der Waals surface area contributed by atoms with Gasteiger partial charge >= 0.3 is 0 Å². The molecule has 0 aromatic carbocycles. The third-order valence-corrected chi connectivity index (χ3v) is 3.75. The Morgan fingerprint density at radius 2 is 2.35 bits per heavy atom. The molecular weight excluding hydrogens is 214 g/mol. The van der Waals surface area contributed by atoms with E-state index in [-0.39, 0.29) is 11.4 Å². The van der Waals surface area contributed by atoms with E-state index in [1.807, 2.05) is 0 Å². The highest BCUT2D eigenvalue weighted by Crippen LogP contribution is 2.40. The van der Waals surface area contributed by atoms with Crippen LogP contribution in [-0.4, -0.2) is 24.5 Å². The van der Waals surface area contributed by atoms with Crippen LogP contribution in [0.1, 0.15) is 19.8 Å². The molecule has 92 valence electrons. The van der Waals surface area contributed by atoms with Gasteiger partial charge in [-0.3, -0.25) is 4.79 Å². The molecule has 0 aliphatic carbocycles. The summed E-state index contributed by atoms with van der Waals surface area (Å²) in [5, 5.41) is 3.32. The van der Waals surface area contributed by atoms with Crippen molar-refractivity contribution in [1.82, 2.24) is 5.32 Å². The second-order valence-electron chi connectivity index (χ2n) is 4.86. The third kappa shape index (κ3) is 2.07. The van der Waals surface area contributed by atoms with Crippen molar-refractivity contribution in [1.29, 1.82) is 0 Å². The number of carbonyl (C=O) groups is 1. The van der Waals surface area contributed by atoms with Gasteiger partial charge in [0.1, 0.15) is 11.4 Å². The lowest BCUT2D eigenvalue weighted by Crippen LogP contribution is -2.53. The summed E-state index contributed by atoms with van der Waals surface area (Å²) >= 11 is 0. The number of rotatable bonds is 1. The first-order valence-corrected chi connectivity index (χ1v) is 6.04. The van der Waals surface area contributed by atoms with Crippen LogP contribution in [0, 0.1) is 5.92 Å². The minimum Gasteiger partial charge on any atom is -0.486 e. The van der Waals surface area contributed by atoms with Gasteiger partial charge in [0, 0.05) is 18.9 Å². The van der Waals surface area contributed by atoms with Crippen molar-refractivity contribution >= 4 is 5.78 Å². The zero-order valence-electron chi connectivity index (χ0n) is 10.3. The van der Waals surface area contributed by atoms with Gasteiger partial charge in [-0.15, -0.1) is 0 Å². The maximum absolute atomic E-state index is 12.1. The predicted molar refractivity (Wildman–Crippen MR) is 67.5 cm³/mol. The average molecular weight is 233 g/mol. The molecular formula is C14H19NO2. The predicted octanol–water partition coefficient (Wildman–Crippen LogP) is 1.97. The van der Waals surface area contributed by atoms with E-state index in [0.717, 1.165) is 19.5 Å². The molecule has 0 saturated carbocycles. The highest BCUT2D eigenvalue weighted by Gasteiger charge is 2.46. The molecule has 0 radical (unpaired) electrons. The molecule has 0 amide bonds. The molecule has 1 spiro atoms. The number of allylic oxidation sites excluding steroid dienone is 3. The molecule has 2 heterocycles. The molecule has 3 nitrogen and oxygen atoms in total. The number of hydrogen-bond acceptors (Lipinski definition) is 3. The maximum atomic E-state index is 12.1. The van der Waals surface area contributed by atoms with Gasteiger partial charge in [0.05, 0.1) is 12.0 Å². The number of nitrogens with one attached hydrogen (secondary N) is 1.